The molecule has 0 aliphatic heterocycles. The maximum atomic E-state index is 13.5. The third kappa shape index (κ3) is 3.82. The molecule has 2 aromatic carbocycles. The Bertz CT molecular complexity index is 625. The number of aryl methyl sites for hydroxylation is 3. The monoisotopic (exact) mass is 287 g/mol. The second kappa shape index (κ2) is 6.72. The van der Waals surface area contributed by atoms with Crippen molar-refractivity contribution in [3.8, 4) is 5.75 Å². The van der Waals surface area contributed by atoms with Crippen LogP contribution in [0.2, 0.25) is 0 Å². The van der Waals surface area contributed by atoms with E-state index in [4.69, 9.17) is 4.74 Å². The van der Waals surface area contributed by atoms with E-state index in [9.17, 15) is 4.39 Å². The summed E-state index contributed by atoms with van der Waals surface area (Å²) >= 11 is 0. The summed E-state index contributed by atoms with van der Waals surface area (Å²) in [4.78, 5) is 0. The van der Waals surface area contributed by atoms with Crippen LogP contribution in [0.15, 0.2) is 36.4 Å². The quantitative estimate of drug-likeness (QED) is 0.894. The maximum Gasteiger partial charge on any atom is 0.129 e. The Labute approximate surface area is 126 Å². The number of halogens is 1. The molecule has 2 nitrogen and oxygen atoms in total. The molecule has 1 unspecified atom stereocenters. The standard InChI is InChI=1S/C18H22FNO/c1-12-5-8-16(14(3)9-12)18(20-4)11-21-15-7-6-13(2)17(19)10-15/h5-10,18,20H,11H2,1-4H3. The number of nitrogens with one attached hydrogen (secondary N) is 1. The van der Waals surface area contributed by atoms with Gasteiger partial charge in [0, 0.05) is 6.07 Å². The van der Waals surface area contributed by atoms with Crippen molar-refractivity contribution >= 4 is 0 Å². The van der Waals surface area contributed by atoms with E-state index in [1.165, 1.54) is 22.8 Å². The predicted molar refractivity (Wildman–Crippen MR) is 84.3 cm³/mol. The van der Waals surface area contributed by atoms with Crippen molar-refractivity contribution in [1.82, 2.24) is 5.32 Å². The average Bonchev–Trinajstić information content (AvgIpc) is 2.45. The molecular formula is C18H22FNO. The van der Waals surface area contributed by atoms with Gasteiger partial charge in [-0.25, -0.2) is 4.39 Å². The van der Waals surface area contributed by atoms with Gasteiger partial charge in [-0.3, -0.25) is 0 Å². The molecule has 3 heteroatoms. The molecule has 0 aromatic heterocycles. The number of likely N-dealkylation sites (N-methyl/N-ethyl adjacent to an activating group) is 1. The van der Waals surface area contributed by atoms with Gasteiger partial charge in [0.05, 0.1) is 6.04 Å². The summed E-state index contributed by atoms with van der Waals surface area (Å²) in [6.07, 6.45) is 0. The van der Waals surface area contributed by atoms with Crippen LogP contribution in [0.4, 0.5) is 4.39 Å². The predicted octanol–water partition coefficient (Wildman–Crippen LogP) is 4.09. The largest absolute Gasteiger partial charge is 0.492 e. The van der Waals surface area contributed by atoms with Gasteiger partial charge in [0.2, 0.25) is 0 Å². The molecule has 1 atom stereocenters. The molecule has 21 heavy (non-hydrogen) atoms. The fourth-order valence-corrected chi connectivity index (χ4v) is 2.39. The molecule has 112 valence electrons. The Balaban J connectivity index is 2.10. The minimum absolute atomic E-state index is 0.0787. The van der Waals surface area contributed by atoms with Gasteiger partial charge in [-0.2, -0.15) is 0 Å². The molecule has 0 saturated heterocycles. The molecule has 0 bridgehead atoms. The van der Waals surface area contributed by atoms with Crippen LogP contribution in [0.1, 0.15) is 28.3 Å². The van der Waals surface area contributed by atoms with Crippen LogP contribution >= 0.6 is 0 Å². The first-order valence-electron chi connectivity index (χ1n) is 7.14. The summed E-state index contributed by atoms with van der Waals surface area (Å²) in [7, 11) is 1.91. The lowest BCUT2D eigenvalue weighted by atomic mass is 10.00. The summed E-state index contributed by atoms with van der Waals surface area (Å²) in [6.45, 7) is 6.38. The van der Waals surface area contributed by atoms with Gasteiger partial charge in [-0.1, -0.05) is 29.8 Å². The second-order valence-corrected chi connectivity index (χ2v) is 5.42. The number of hydrogen-bond donors (Lipinski definition) is 1. The SMILES string of the molecule is CNC(COc1ccc(C)c(F)c1)c1ccc(C)cc1C. The lowest BCUT2D eigenvalue weighted by Crippen LogP contribution is -2.24. The van der Waals surface area contributed by atoms with Crippen molar-refractivity contribution in [2.45, 2.75) is 26.8 Å². The van der Waals surface area contributed by atoms with Crippen LogP contribution in [0.3, 0.4) is 0 Å². The molecule has 0 spiro atoms. The Morgan fingerprint density at radius 1 is 1.05 bits per heavy atom. The highest BCUT2D eigenvalue weighted by Crippen LogP contribution is 2.21. The lowest BCUT2D eigenvalue weighted by molar-refractivity contribution is 0.271. The Morgan fingerprint density at radius 2 is 1.81 bits per heavy atom. The Morgan fingerprint density at radius 3 is 2.43 bits per heavy atom. The van der Waals surface area contributed by atoms with Gasteiger partial charge in [-0.15, -0.1) is 0 Å². The van der Waals surface area contributed by atoms with Gasteiger partial charge in [0.25, 0.3) is 0 Å². The summed E-state index contributed by atoms with van der Waals surface area (Å²) < 4.78 is 19.3. The summed E-state index contributed by atoms with van der Waals surface area (Å²) in [5, 5.41) is 3.26. The van der Waals surface area contributed by atoms with E-state index in [1.54, 1.807) is 19.1 Å². The van der Waals surface area contributed by atoms with E-state index in [-0.39, 0.29) is 11.9 Å². The molecule has 2 aromatic rings. The molecule has 2 rings (SSSR count). The van der Waals surface area contributed by atoms with Crippen LogP contribution in [-0.4, -0.2) is 13.7 Å². The van der Waals surface area contributed by atoms with Gasteiger partial charge >= 0.3 is 0 Å². The van der Waals surface area contributed by atoms with E-state index in [0.717, 1.165) is 0 Å². The summed E-state index contributed by atoms with van der Waals surface area (Å²) in [5.74, 6) is 0.322. The average molecular weight is 287 g/mol. The number of ether oxygens (including phenoxy) is 1. The Kier molecular flexibility index (Phi) is 4.97. The third-order valence-electron chi connectivity index (χ3n) is 3.71. The highest BCUT2D eigenvalue weighted by molar-refractivity contribution is 5.33. The van der Waals surface area contributed by atoms with Crippen LogP contribution in [0, 0.1) is 26.6 Å². The summed E-state index contributed by atoms with van der Waals surface area (Å²) in [6, 6.07) is 11.4. The molecule has 0 aliphatic rings. The molecule has 0 amide bonds. The second-order valence-electron chi connectivity index (χ2n) is 5.42. The van der Waals surface area contributed by atoms with Crippen molar-refractivity contribution < 1.29 is 9.13 Å². The van der Waals surface area contributed by atoms with Crippen LogP contribution in [0.5, 0.6) is 5.75 Å². The minimum atomic E-state index is -0.236. The first kappa shape index (κ1) is 15.5. The van der Waals surface area contributed by atoms with Crippen LogP contribution in [-0.2, 0) is 0 Å². The van der Waals surface area contributed by atoms with Crippen molar-refractivity contribution in [1.29, 1.82) is 0 Å². The van der Waals surface area contributed by atoms with Crippen LogP contribution < -0.4 is 10.1 Å². The van der Waals surface area contributed by atoms with E-state index < -0.39 is 0 Å². The molecule has 0 fully saturated rings. The molecular weight excluding hydrogens is 265 g/mol. The molecule has 0 saturated carbocycles. The van der Waals surface area contributed by atoms with Crippen molar-refractivity contribution in [3.63, 3.8) is 0 Å². The minimum Gasteiger partial charge on any atom is -0.492 e. The fourth-order valence-electron chi connectivity index (χ4n) is 2.39. The van der Waals surface area contributed by atoms with Gasteiger partial charge in [0.1, 0.15) is 18.2 Å². The first-order chi connectivity index (χ1) is 10.0. The van der Waals surface area contributed by atoms with E-state index in [2.05, 4.69) is 37.4 Å². The molecule has 0 aliphatic carbocycles. The third-order valence-corrected chi connectivity index (χ3v) is 3.71. The van der Waals surface area contributed by atoms with Gasteiger partial charge in [0.15, 0.2) is 0 Å². The first-order valence-corrected chi connectivity index (χ1v) is 7.14. The Hall–Kier alpha value is -1.87. The number of benzene rings is 2. The zero-order valence-corrected chi connectivity index (χ0v) is 13.0. The highest BCUT2D eigenvalue weighted by atomic mass is 19.1. The van der Waals surface area contributed by atoms with Crippen molar-refractivity contribution in [3.05, 3.63) is 64.5 Å². The zero-order chi connectivity index (χ0) is 15.4. The smallest absolute Gasteiger partial charge is 0.129 e. The molecule has 0 radical (unpaired) electrons. The summed E-state index contributed by atoms with van der Waals surface area (Å²) in [5.41, 5.74) is 4.30. The maximum absolute atomic E-state index is 13.5. The van der Waals surface area contributed by atoms with Crippen molar-refractivity contribution in [2.75, 3.05) is 13.7 Å². The molecule has 1 N–H and O–H groups in total. The lowest BCUT2D eigenvalue weighted by Gasteiger charge is -2.20. The van der Waals surface area contributed by atoms with Gasteiger partial charge in [-0.05, 0) is 50.6 Å². The molecule has 0 heterocycles. The zero-order valence-electron chi connectivity index (χ0n) is 13.0. The van der Waals surface area contributed by atoms with E-state index >= 15 is 0 Å². The van der Waals surface area contributed by atoms with E-state index in [0.29, 0.717) is 17.9 Å². The van der Waals surface area contributed by atoms with Crippen LogP contribution in [0.25, 0.3) is 0 Å². The number of rotatable bonds is 5. The highest BCUT2D eigenvalue weighted by Gasteiger charge is 2.13. The fraction of sp³-hybridized carbons (Fsp3) is 0.333. The van der Waals surface area contributed by atoms with E-state index in [1.807, 2.05) is 7.05 Å². The number of hydrogen-bond acceptors (Lipinski definition) is 2. The van der Waals surface area contributed by atoms with Crippen molar-refractivity contribution in [2.24, 2.45) is 0 Å². The van der Waals surface area contributed by atoms with Gasteiger partial charge < -0.3 is 10.1 Å². The normalized spacial score (nSPS) is 12.2. The topological polar surface area (TPSA) is 21.3 Å².